The van der Waals surface area contributed by atoms with Gasteiger partial charge in [-0.15, -0.1) is 11.3 Å². The molecule has 2 heterocycles. The minimum Gasteiger partial charge on any atom is -0.347 e. The van der Waals surface area contributed by atoms with Crippen molar-refractivity contribution in [3.8, 4) is 0 Å². The molecule has 140 valence electrons. The molecule has 3 unspecified atom stereocenters. The summed E-state index contributed by atoms with van der Waals surface area (Å²) in [5, 5.41) is 3.31. The minimum atomic E-state index is 0.105. The van der Waals surface area contributed by atoms with E-state index in [1.165, 1.54) is 16.9 Å². The first-order valence-electron chi connectivity index (χ1n) is 9.81. The first kappa shape index (κ1) is 17.8. The molecule has 3 atom stereocenters. The Balaban J connectivity index is 1.46. The molecule has 0 bridgehead atoms. The number of nitrogens with zero attached hydrogens (tertiary/aromatic N) is 2. The van der Waals surface area contributed by atoms with Gasteiger partial charge in [0.1, 0.15) is 0 Å². The van der Waals surface area contributed by atoms with Gasteiger partial charge in [-0.2, -0.15) is 0 Å². The molecule has 0 aliphatic heterocycles. The van der Waals surface area contributed by atoms with E-state index in [4.69, 9.17) is 0 Å². The Morgan fingerprint density at radius 3 is 2.88 bits per heavy atom. The number of amides is 1. The number of hydrogen-bond acceptors (Lipinski definition) is 3. The predicted molar refractivity (Wildman–Crippen MR) is 106 cm³/mol. The van der Waals surface area contributed by atoms with Gasteiger partial charge in [-0.1, -0.05) is 20.8 Å². The third kappa shape index (κ3) is 3.46. The lowest BCUT2D eigenvalue weighted by atomic mass is 9.72. The van der Waals surface area contributed by atoms with Gasteiger partial charge >= 0.3 is 0 Å². The monoisotopic (exact) mass is 371 g/mol. The van der Waals surface area contributed by atoms with Crippen LogP contribution in [0.3, 0.4) is 0 Å². The molecule has 2 aliphatic carbocycles. The number of hydrogen-bond donors (Lipinski definition) is 1. The van der Waals surface area contributed by atoms with Crippen LogP contribution in [0.2, 0.25) is 0 Å². The van der Waals surface area contributed by atoms with Gasteiger partial charge in [-0.25, -0.2) is 4.98 Å². The molecule has 2 aromatic rings. The van der Waals surface area contributed by atoms with Crippen molar-refractivity contribution >= 4 is 17.2 Å². The van der Waals surface area contributed by atoms with E-state index in [-0.39, 0.29) is 11.9 Å². The van der Waals surface area contributed by atoms with Crippen LogP contribution in [0, 0.1) is 11.3 Å². The fraction of sp³-hybridized carbons (Fsp3) is 0.619. The normalized spacial score (nSPS) is 25.9. The summed E-state index contributed by atoms with van der Waals surface area (Å²) in [4.78, 5) is 19.4. The maximum absolute atomic E-state index is 12.9. The van der Waals surface area contributed by atoms with Crippen LogP contribution < -0.4 is 5.32 Å². The van der Waals surface area contributed by atoms with Crippen LogP contribution in [0.25, 0.3) is 0 Å². The zero-order valence-corrected chi connectivity index (χ0v) is 16.8. The van der Waals surface area contributed by atoms with Crippen LogP contribution >= 0.6 is 11.3 Å². The molecule has 0 aromatic carbocycles. The zero-order valence-electron chi connectivity index (χ0n) is 16.0. The van der Waals surface area contributed by atoms with E-state index in [9.17, 15) is 4.79 Å². The lowest BCUT2D eigenvalue weighted by Gasteiger charge is -2.33. The summed E-state index contributed by atoms with van der Waals surface area (Å²) in [6.45, 7) is 7.00. The number of rotatable bonds is 3. The van der Waals surface area contributed by atoms with Gasteiger partial charge in [0.2, 0.25) is 0 Å². The molecule has 1 fully saturated rings. The van der Waals surface area contributed by atoms with E-state index in [0.717, 1.165) is 37.0 Å². The highest BCUT2D eigenvalue weighted by atomic mass is 32.1. The maximum Gasteiger partial charge on any atom is 0.261 e. The van der Waals surface area contributed by atoms with E-state index < -0.39 is 0 Å². The van der Waals surface area contributed by atoms with Crippen molar-refractivity contribution in [1.29, 1.82) is 0 Å². The Morgan fingerprint density at radius 1 is 1.31 bits per heavy atom. The lowest BCUT2D eigenvalue weighted by molar-refractivity contribution is 0.0933. The highest BCUT2D eigenvalue weighted by Gasteiger charge is 2.32. The van der Waals surface area contributed by atoms with Crippen molar-refractivity contribution < 1.29 is 4.79 Å². The molecular formula is C21H29N3OS. The Kier molecular flexibility index (Phi) is 4.68. The number of aryl methyl sites for hydroxylation is 1. The van der Waals surface area contributed by atoms with E-state index >= 15 is 0 Å². The summed E-state index contributed by atoms with van der Waals surface area (Å²) in [5.74, 6) is 0.815. The second-order valence-corrected chi connectivity index (χ2v) is 10.1. The van der Waals surface area contributed by atoms with E-state index in [1.807, 2.05) is 18.7 Å². The van der Waals surface area contributed by atoms with Gasteiger partial charge in [0.05, 0.1) is 17.2 Å². The Bertz CT molecular complexity index is 772. The molecule has 4 nitrogen and oxygen atoms in total. The molecule has 0 saturated heterocycles. The molecule has 1 N–H and O–H groups in total. The number of aromatic nitrogens is 2. The van der Waals surface area contributed by atoms with Gasteiger partial charge < -0.3 is 9.88 Å². The van der Waals surface area contributed by atoms with Crippen molar-refractivity contribution in [2.75, 3.05) is 0 Å². The number of carbonyl (C=O) groups excluding carboxylic acids is 1. The number of carbonyl (C=O) groups is 1. The van der Waals surface area contributed by atoms with Gasteiger partial charge in [0.25, 0.3) is 5.91 Å². The summed E-state index contributed by atoms with van der Waals surface area (Å²) < 4.78 is 2.14. The highest BCUT2D eigenvalue weighted by molar-refractivity contribution is 7.14. The largest absolute Gasteiger partial charge is 0.347 e. The Morgan fingerprint density at radius 2 is 2.15 bits per heavy atom. The van der Waals surface area contributed by atoms with Gasteiger partial charge in [-0.05, 0) is 61.5 Å². The number of thiophene rings is 1. The van der Waals surface area contributed by atoms with Crippen LogP contribution in [0.5, 0.6) is 0 Å². The van der Waals surface area contributed by atoms with Gasteiger partial charge in [0.15, 0.2) is 0 Å². The summed E-state index contributed by atoms with van der Waals surface area (Å²) in [6, 6.07) is 2.70. The van der Waals surface area contributed by atoms with E-state index in [2.05, 4.69) is 41.7 Å². The summed E-state index contributed by atoms with van der Waals surface area (Å²) >= 11 is 1.71. The summed E-state index contributed by atoms with van der Waals surface area (Å²) in [6.07, 6.45) is 12.5. The van der Waals surface area contributed by atoms with Crippen molar-refractivity contribution in [3.05, 3.63) is 40.1 Å². The molecule has 5 heteroatoms. The van der Waals surface area contributed by atoms with Crippen LogP contribution in [0.4, 0.5) is 0 Å². The molecular weight excluding hydrogens is 342 g/mol. The van der Waals surface area contributed by atoms with Crippen molar-refractivity contribution in [3.63, 3.8) is 0 Å². The third-order valence-electron chi connectivity index (χ3n) is 6.24. The van der Waals surface area contributed by atoms with Crippen molar-refractivity contribution in [2.45, 2.75) is 71.4 Å². The topological polar surface area (TPSA) is 46.9 Å². The Hall–Kier alpha value is -1.62. The number of fused-ring (bicyclic) bond motifs is 1. The molecule has 0 radical (unpaired) electrons. The second-order valence-electron chi connectivity index (χ2n) is 8.95. The fourth-order valence-corrected chi connectivity index (χ4v) is 5.66. The van der Waals surface area contributed by atoms with Crippen LogP contribution in [-0.2, 0) is 12.8 Å². The van der Waals surface area contributed by atoms with Gasteiger partial charge in [-0.3, -0.25) is 4.79 Å². The first-order valence-corrected chi connectivity index (χ1v) is 10.6. The van der Waals surface area contributed by atoms with E-state index in [1.54, 1.807) is 11.3 Å². The minimum absolute atomic E-state index is 0.105. The standard InChI is InChI=1S/C21H29N3OS/c1-21(2,3)15-7-8-18-14(11-15)12-19(26-18)20(25)23-16-5-4-6-17(16)24-10-9-22-13-24/h9-10,12-13,15-17H,4-8,11H2,1-3H3,(H,23,25). The smallest absolute Gasteiger partial charge is 0.261 e. The molecule has 2 aliphatic rings. The maximum atomic E-state index is 12.9. The highest BCUT2D eigenvalue weighted by Crippen LogP contribution is 2.40. The van der Waals surface area contributed by atoms with Crippen molar-refractivity contribution in [1.82, 2.24) is 14.9 Å². The molecule has 1 amide bonds. The predicted octanol–water partition coefficient (Wildman–Crippen LogP) is 4.62. The molecule has 0 spiro atoms. The number of imidazole rings is 1. The first-order chi connectivity index (χ1) is 12.4. The lowest BCUT2D eigenvalue weighted by Crippen LogP contribution is -2.37. The molecule has 4 rings (SSSR count). The average Bonchev–Trinajstić information content (AvgIpc) is 3.32. The average molecular weight is 372 g/mol. The fourth-order valence-electron chi connectivity index (χ4n) is 4.55. The van der Waals surface area contributed by atoms with Crippen LogP contribution in [0.15, 0.2) is 24.8 Å². The van der Waals surface area contributed by atoms with Crippen LogP contribution in [-0.4, -0.2) is 21.5 Å². The quantitative estimate of drug-likeness (QED) is 0.856. The number of nitrogens with one attached hydrogen (secondary N) is 1. The SMILES string of the molecule is CC(C)(C)C1CCc2sc(C(=O)NC3CCCC3n3ccnc3)cc2C1. The summed E-state index contributed by atoms with van der Waals surface area (Å²) in [5.41, 5.74) is 1.74. The summed E-state index contributed by atoms with van der Waals surface area (Å²) in [7, 11) is 0. The zero-order chi connectivity index (χ0) is 18.3. The third-order valence-corrected chi connectivity index (χ3v) is 7.47. The van der Waals surface area contributed by atoms with E-state index in [0.29, 0.717) is 17.4 Å². The Labute approximate surface area is 160 Å². The van der Waals surface area contributed by atoms with Crippen molar-refractivity contribution in [2.24, 2.45) is 11.3 Å². The van der Waals surface area contributed by atoms with Gasteiger partial charge in [0, 0.05) is 23.3 Å². The molecule has 26 heavy (non-hydrogen) atoms. The molecule has 2 aromatic heterocycles. The second kappa shape index (κ2) is 6.84. The van der Waals surface area contributed by atoms with Crippen LogP contribution in [0.1, 0.15) is 72.6 Å². The molecule has 1 saturated carbocycles.